The molecule has 0 fully saturated rings. The van der Waals surface area contributed by atoms with Crippen molar-refractivity contribution in [2.45, 2.75) is 13.5 Å². The van der Waals surface area contributed by atoms with Crippen molar-refractivity contribution in [2.75, 3.05) is 0 Å². The third-order valence-electron chi connectivity index (χ3n) is 2.25. The molecule has 0 atom stereocenters. The van der Waals surface area contributed by atoms with Gasteiger partial charge >= 0.3 is 0 Å². The van der Waals surface area contributed by atoms with Crippen LogP contribution in [0.5, 0.6) is 0 Å². The van der Waals surface area contributed by atoms with Crippen molar-refractivity contribution < 1.29 is 0 Å². The molecule has 0 bridgehead atoms. The van der Waals surface area contributed by atoms with Crippen molar-refractivity contribution in [3.8, 4) is 11.1 Å². The summed E-state index contributed by atoms with van der Waals surface area (Å²) in [5, 5.41) is 2.19. The van der Waals surface area contributed by atoms with Gasteiger partial charge in [0.15, 0.2) is 0 Å². The maximum absolute atomic E-state index is 5.54. The van der Waals surface area contributed by atoms with Gasteiger partial charge < -0.3 is 5.73 Å². The SMILES string of the molecule is Cc1cc(-c2ccc(CN)cc2)cs1. The predicted molar refractivity (Wildman–Crippen MR) is 62.4 cm³/mol. The number of benzene rings is 1. The molecule has 1 heterocycles. The minimum Gasteiger partial charge on any atom is -0.326 e. The highest BCUT2D eigenvalue weighted by Gasteiger charge is 1.99. The Bertz CT molecular complexity index is 414. The van der Waals surface area contributed by atoms with Gasteiger partial charge in [0, 0.05) is 11.4 Å². The first kappa shape index (κ1) is 9.44. The summed E-state index contributed by atoms with van der Waals surface area (Å²) in [5.74, 6) is 0. The Labute approximate surface area is 88.2 Å². The van der Waals surface area contributed by atoms with Crippen molar-refractivity contribution in [3.05, 3.63) is 46.2 Å². The quantitative estimate of drug-likeness (QED) is 0.797. The Kier molecular flexibility index (Phi) is 2.66. The van der Waals surface area contributed by atoms with Crippen LogP contribution >= 0.6 is 11.3 Å². The third-order valence-corrected chi connectivity index (χ3v) is 3.11. The number of hydrogen-bond donors (Lipinski definition) is 1. The van der Waals surface area contributed by atoms with Gasteiger partial charge in [-0.1, -0.05) is 24.3 Å². The molecule has 14 heavy (non-hydrogen) atoms. The van der Waals surface area contributed by atoms with Gasteiger partial charge in [0.2, 0.25) is 0 Å². The number of thiophene rings is 1. The molecule has 0 unspecified atom stereocenters. The van der Waals surface area contributed by atoms with Crippen LogP contribution in [0, 0.1) is 6.92 Å². The lowest BCUT2D eigenvalue weighted by atomic mass is 10.1. The van der Waals surface area contributed by atoms with Crippen LogP contribution in [0.25, 0.3) is 11.1 Å². The van der Waals surface area contributed by atoms with E-state index in [2.05, 4.69) is 42.6 Å². The van der Waals surface area contributed by atoms with E-state index in [-0.39, 0.29) is 0 Å². The topological polar surface area (TPSA) is 26.0 Å². The van der Waals surface area contributed by atoms with Crippen LogP contribution in [0.4, 0.5) is 0 Å². The van der Waals surface area contributed by atoms with E-state index in [0.29, 0.717) is 6.54 Å². The Morgan fingerprint density at radius 1 is 1.14 bits per heavy atom. The molecule has 2 N–H and O–H groups in total. The van der Waals surface area contributed by atoms with E-state index in [0.717, 1.165) is 0 Å². The fourth-order valence-electron chi connectivity index (χ4n) is 1.43. The van der Waals surface area contributed by atoms with Gasteiger partial charge in [-0.3, -0.25) is 0 Å². The van der Waals surface area contributed by atoms with Gasteiger partial charge in [0.1, 0.15) is 0 Å². The highest BCUT2D eigenvalue weighted by atomic mass is 32.1. The van der Waals surface area contributed by atoms with Gasteiger partial charge in [-0.2, -0.15) is 0 Å². The molecule has 1 nitrogen and oxygen atoms in total. The Hall–Kier alpha value is -1.12. The highest BCUT2D eigenvalue weighted by Crippen LogP contribution is 2.25. The van der Waals surface area contributed by atoms with Gasteiger partial charge in [-0.05, 0) is 35.1 Å². The zero-order chi connectivity index (χ0) is 9.97. The molecule has 2 heteroatoms. The number of aryl methyl sites for hydroxylation is 1. The van der Waals surface area contributed by atoms with Crippen molar-refractivity contribution in [1.82, 2.24) is 0 Å². The zero-order valence-corrected chi connectivity index (χ0v) is 8.97. The normalized spacial score (nSPS) is 10.4. The zero-order valence-electron chi connectivity index (χ0n) is 8.16. The van der Waals surface area contributed by atoms with Crippen molar-refractivity contribution in [3.63, 3.8) is 0 Å². The highest BCUT2D eigenvalue weighted by molar-refractivity contribution is 7.10. The Balaban J connectivity index is 2.33. The minimum atomic E-state index is 0.614. The van der Waals surface area contributed by atoms with Gasteiger partial charge in [-0.25, -0.2) is 0 Å². The van der Waals surface area contributed by atoms with Gasteiger partial charge in [0.25, 0.3) is 0 Å². The smallest absolute Gasteiger partial charge is 0.0178 e. The maximum atomic E-state index is 5.54. The lowest BCUT2D eigenvalue weighted by Gasteiger charge is -1.99. The molecule has 0 saturated carbocycles. The molecule has 0 amide bonds. The summed E-state index contributed by atoms with van der Waals surface area (Å²) in [5.41, 5.74) is 9.30. The molecule has 0 spiro atoms. The number of hydrogen-bond acceptors (Lipinski definition) is 2. The van der Waals surface area contributed by atoms with Crippen LogP contribution < -0.4 is 5.73 Å². The standard InChI is InChI=1S/C12H13NS/c1-9-6-12(8-14-9)11-4-2-10(7-13)3-5-11/h2-6,8H,7,13H2,1H3. The first-order chi connectivity index (χ1) is 6.79. The average molecular weight is 203 g/mol. The van der Waals surface area contributed by atoms with Crippen molar-refractivity contribution >= 4 is 11.3 Å². The van der Waals surface area contributed by atoms with Crippen LogP contribution in [0.3, 0.4) is 0 Å². The molecule has 2 aromatic rings. The van der Waals surface area contributed by atoms with Crippen LogP contribution in [-0.4, -0.2) is 0 Å². The lowest BCUT2D eigenvalue weighted by Crippen LogP contribution is -1.94. The average Bonchev–Trinajstić information content (AvgIpc) is 2.65. The summed E-state index contributed by atoms with van der Waals surface area (Å²) < 4.78 is 0. The molecule has 72 valence electrons. The monoisotopic (exact) mass is 203 g/mol. The van der Waals surface area contributed by atoms with E-state index < -0.39 is 0 Å². The van der Waals surface area contributed by atoms with E-state index in [9.17, 15) is 0 Å². The summed E-state index contributed by atoms with van der Waals surface area (Å²) >= 11 is 1.78. The maximum Gasteiger partial charge on any atom is 0.0178 e. The second-order valence-corrected chi connectivity index (χ2v) is 4.46. The molecule has 0 radical (unpaired) electrons. The molecule has 0 aliphatic carbocycles. The fourth-order valence-corrected chi connectivity index (χ4v) is 2.14. The summed E-state index contributed by atoms with van der Waals surface area (Å²) in [7, 11) is 0. The Morgan fingerprint density at radius 2 is 1.86 bits per heavy atom. The van der Waals surface area contributed by atoms with E-state index >= 15 is 0 Å². The van der Waals surface area contributed by atoms with Crippen molar-refractivity contribution in [2.24, 2.45) is 5.73 Å². The molecular formula is C12H13NS. The fraction of sp³-hybridized carbons (Fsp3) is 0.167. The molecule has 0 saturated heterocycles. The second-order valence-electron chi connectivity index (χ2n) is 3.35. The molecule has 0 aliphatic rings. The molecule has 0 aliphatic heterocycles. The summed E-state index contributed by atoms with van der Waals surface area (Å²) in [4.78, 5) is 1.35. The number of nitrogens with two attached hydrogens (primary N) is 1. The van der Waals surface area contributed by atoms with E-state index in [1.165, 1.54) is 21.6 Å². The first-order valence-electron chi connectivity index (χ1n) is 4.64. The second kappa shape index (κ2) is 3.95. The molecular weight excluding hydrogens is 190 g/mol. The van der Waals surface area contributed by atoms with Crippen LogP contribution in [0.15, 0.2) is 35.7 Å². The third kappa shape index (κ3) is 1.86. The molecule has 1 aromatic heterocycles. The van der Waals surface area contributed by atoms with Crippen LogP contribution in [-0.2, 0) is 6.54 Å². The minimum absolute atomic E-state index is 0.614. The predicted octanol–water partition coefficient (Wildman–Crippen LogP) is 3.18. The van der Waals surface area contributed by atoms with Crippen molar-refractivity contribution in [1.29, 1.82) is 0 Å². The summed E-state index contributed by atoms with van der Waals surface area (Å²) in [6.45, 7) is 2.74. The Morgan fingerprint density at radius 3 is 2.36 bits per heavy atom. The molecule has 2 rings (SSSR count). The largest absolute Gasteiger partial charge is 0.326 e. The summed E-state index contributed by atoms with van der Waals surface area (Å²) in [6.07, 6.45) is 0. The number of rotatable bonds is 2. The molecule has 1 aromatic carbocycles. The lowest BCUT2D eigenvalue weighted by molar-refractivity contribution is 1.07. The van der Waals surface area contributed by atoms with E-state index in [1.54, 1.807) is 11.3 Å². The van der Waals surface area contributed by atoms with E-state index in [4.69, 9.17) is 5.73 Å². The van der Waals surface area contributed by atoms with Gasteiger partial charge in [0.05, 0.1) is 0 Å². The van der Waals surface area contributed by atoms with Gasteiger partial charge in [-0.15, -0.1) is 11.3 Å². The van der Waals surface area contributed by atoms with Crippen LogP contribution in [0.1, 0.15) is 10.4 Å². The summed E-state index contributed by atoms with van der Waals surface area (Å²) in [6, 6.07) is 10.6. The first-order valence-corrected chi connectivity index (χ1v) is 5.52. The van der Waals surface area contributed by atoms with Crippen LogP contribution in [0.2, 0.25) is 0 Å². The van der Waals surface area contributed by atoms with E-state index in [1.807, 2.05) is 0 Å².